The number of nitrogens with two attached hydrogens (primary N) is 1. The molecule has 144 valence electrons. The summed E-state index contributed by atoms with van der Waals surface area (Å²) in [5, 5.41) is 23.7. The lowest BCUT2D eigenvalue weighted by molar-refractivity contribution is 0.187. The summed E-state index contributed by atoms with van der Waals surface area (Å²) in [5.41, 5.74) is 6.94. The van der Waals surface area contributed by atoms with Crippen molar-refractivity contribution in [3.8, 4) is 0 Å². The average Bonchev–Trinajstić information content (AvgIpc) is 2.74. The molecule has 1 saturated carbocycles. The van der Waals surface area contributed by atoms with Crippen molar-refractivity contribution >= 4 is 33.6 Å². The van der Waals surface area contributed by atoms with Crippen LogP contribution < -0.4 is 5.73 Å². The van der Waals surface area contributed by atoms with Crippen LogP contribution in [0.4, 0.5) is 0 Å². The molecule has 3 aromatic carbocycles. The highest BCUT2D eigenvalue weighted by molar-refractivity contribution is 6.09. The number of hydrogen-bond acceptors (Lipinski definition) is 3. The van der Waals surface area contributed by atoms with Crippen LogP contribution in [0.15, 0.2) is 64.8 Å². The van der Waals surface area contributed by atoms with E-state index in [0.717, 1.165) is 21.7 Å². The second kappa shape index (κ2) is 8.53. The third-order valence-electron chi connectivity index (χ3n) is 5.68. The number of rotatable bonds is 5. The van der Waals surface area contributed by atoms with Gasteiger partial charge in [0.05, 0.1) is 6.10 Å². The summed E-state index contributed by atoms with van der Waals surface area (Å²) in [5.74, 6) is 0.872. The molecule has 0 spiro atoms. The van der Waals surface area contributed by atoms with Crippen molar-refractivity contribution in [2.75, 3.05) is 0 Å². The zero-order valence-electron chi connectivity index (χ0n) is 16.1. The first-order valence-electron chi connectivity index (χ1n) is 10.2. The molecule has 4 rings (SSSR count). The van der Waals surface area contributed by atoms with Gasteiger partial charge in [-0.15, -0.1) is 5.10 Å². The standard InChI is InChI=1S/C24H27N3O/c25-24(27-26-16-17-8-2-1-3-9-17)15-23(28)22-14-18-10-4-5-11-19(18)20-12-6-7-13-21(20)22/h4-7,10-14,16-17,23,28H,1-3,8-9,15H2,(H2,25,27)/b26-16+. The smallest absolute Gasteiger partial charge is 0.125 e. The van der Waals surface area contributed by atoms with Crippen LogP contribution in [-0.2, 0) is 0 Å². The molecule has 1 unspecified atom stereocenters. The molecule has 1 fully saturated rings. The van der Waals surface area contributed by atoms with E-state index in [4.69, 9.17) is 5.73 Å². The normalized spacial score (nSPS) is 17.5. The van der Waals surface area contributed by atoms with Gasteiger partial charge in [0.15, 0.2) is 0 Å². The van der Waals surface area contributed by atoms with E-state index in [2.05, 4.69) is 40.5 Å². The molecule has 0 aromatic heterocycles. The third-order valence-corrected chi connectivity index (χ3v) is 5.68. The van der Waals surface area contributed by atoms with Gasteiger partial charge in [-0.3, -0.25) is 0 Å². The van der Waals surface area contributed by atoms with Crippen molar-refractivity contribution < 1.29 is 5.11 Å². The lowest BCUT2D eigenvalue weighted by atomic mass is 9.90. The molecular weight excluding hydrogens is 346 g/mol. The molecule has 28 heavy (non-hydrogen) atoms. The second-order valence-electron chi connectivity index (χ2n) is 7.71. The molecular formula is C24H27N3O. The van der Waals surface area contributed by atoms with E-state index in [1.54, 1.807) is 0 Å². The molecule has 4 nitrogen and oxygen atoms in total. The lowest BCUT2D eigenvalue weighted by Crippen LogP contribution is -2.16. The molecule has 4 heteroatoms. The Labute approximate surface area is 165 Å². The predicted molar refractivity (Wildman–Crippen MR) is 118 cm³/mol. The maximum atomic E-state index is 10.9. The van der Waals surface area contributed by atoms with Crippen molar-refractivity contribution in [1.29, 1.82) is 0 Å². The summed E-state index contributed by atoms with van der Waals surface area (Å²) < 4.78 is 0. The molecule has 1 aliphatic rings. The highest BCUT2D eigenvalue weighted by Gasteiger charge is 2.15. The SMILES string of the molecule is N/C(CC(O)c1cc2ccccc2c2ccccc12)=N\N=C\C1CCCCC1. The van der Waals surface area contributed by atoms with Crippen molar-refractivity contribution in [1.82, 2.24) is 0 Å². The average molecular weight is 374 g/mol. The first-order chi connectivity index (χ1) is 13.7. The summed E-state index contributed by atoms with van der Waals surface area (Å²) in [6.07, 6.45) is 7.70. The molecule has 0 radical (unpaired) electrons. The lowest BCUT2D eigenvalue weighted by Gasteiger charge is -2.16. The number of hydrogen-bond donors (Lipinski definition) is 2. The van der Waals surface area contributed by atoms with E-state index in [1.807, 2.05) is 30.5 Å². The number of aliphatic hydroxyl groups is 1. The van der Waals surface area contributed by atoms with E-state index < -0.39 is 6.10 Å². The van der Waals surface area contributed by atoms with E-state index >= 15 is 0 Å². The van der Waals surface area contributed by atoms with Gasteiger partial charge < -0.3 is 10.8 Å². The van der Waals surface area contributed by atoms with E-state index in [-0.39, 0.29) is 6.42 Å². The van der Waals surface area contributed by atoms with Gasteiger partial charge in [-0.05, 0) is 51.9 Å². The number of fused-ring (bicyclic) bond motifs is 3. The first kappa shape index (κ1) is 18.6. The zero-order chi connectivity index (χ0) is 19.3. The first-order valence-corrected chi connectivity index (χ1v) is 10.2. The fourth-order valence-corrected chi connectivity index (χ4v) is 4.19. The Kier molecular flexibility index (Phi) is 5.68. The molecule has 3 aromatic rings. The molecule has 0 saturated heterocycles. The highest BCUT2D eigenvalue weighted by Crippen LogP contribution is 2.33. The topological polar surface area (TPSA) is 71.0 Å². The Hall–Kier alpha value is -2.72. The Balaban J connectivity index is 1.57. The molecule has 0 heterocycles. The van der Waals surface area contributed by atoms with Gasteiger partial charge in [0, 0.05) is 12.6 Å². The molecule has 0 amide bonds. The van der Waals surface area contributed by atoms with Gasteiger partial charge >= 0.3 is 0 Å². The number of aliphatic hydroxyl groups excluding tert-OH is 1. The maximum Gasteiger partial charge on any atom is 0.125 e. The highest BCUT2D eigenvalue weighted by atomic mass is 16.3. The van der Waals surface area contributed by atoms with Crippen LogP contribution in [0.5, 0.6) is 0 Å². The van der Waals surface area contributed by atoms with Crippen LogP contribution in [0, 0.1) is 5.92 Å². The van der Waals surface area contributed by atoms with Crippen LogP contribution in [0.25, 0.3) is 21.5 Å². The van der Waals surface area contributed by atoms with Crippen LogP contribution >= 0.6 is 0 Å². The summed E-state index contributed by atoms with van der Waals surface area (Å²) in [7, 11) is 0. The van der Waals surface area contributed by atoms with Gasteiger partial charge in [-0.25, -0.2) is 0 Å². The Morgan fingerprint density at radius 3 is 2.46 bits per heavy atom. The number of amidine groups is 1. The van der Waals surface area contributed by atoms with Crippen molar-refractivity contribution in [2.45, 2.75) is 44.6 Å². The zero-order valence-corrected chi connectivity index (χ0v) is 16.1. The molecule has 1 aliphatic carbocycles. The fraction of sp³-hybridized carbons (Fsp3) is 0.333. The Bertz CT molecular complexity index is 1020. The monoisotopic (exact) mass is 373 g/mol. The minimum absolute atomic E-state index is 0.268. The summed E-state index contributed by atoms with van der Waals surface area (Å²) in [6, 6.07) is 18.5. The van der Waals surface area contributed by atoms with Gasteiger partial charge in [0.2, 0.25) is 0 Å². The van der Waals surface area contributed by atoms with E-state index in [1.165, 1.54) is 37.5 Å². The maximum absolute atomic E-state index is 10.9. The van der Waals surface area contributed by atoms with Crippen molar-refractivity contribution in [3.63, 3.8) is 0 Å². The second-order valence-corrected chi connectivity index (χ2v) is 7.71. The number of benzene rings is 3. The minimum atomic E-state index is -0.719. The van der Waals surface area contributed by atoms with Gasteiger partial charge in [-0.1, -0.05) is 67.8 Å². The Morgan fingerprint density at radius 2 is 1.68 bits per heavy atom. The quantitative estimate of drug-likeness (QED) is 0.274. The molecule has 0 bridgehead atoms. The van der Waals surface area contributed by atoms with Crippen molar-refractivity contribution in [3.05, 3.63) is 60.2 Å². The minimum Gasteiger partial charge on any atom is -0.388 e. The van der Waals surface area contributed by atoms with Gasteiger partial charge in [-0.2, -0.15) is 5.10 Å². The molecule has 1 atom stereocenters. The van der Waals surface area contributed by atoms with Crippen LogP contribution in [0.2, 0.25) is 0 Å². The van der Waals surface area contributed by atoms with Crippen LogP contribution in [0.3, 0.4) is 0 Å². The largest absolute Gasteiger partial charge is 0.388 e. The summed E-state index contributed by atoms with van der Waals surface area (Å²) >= 11 is 0. The van der Waals surface area contributed by atoms with E-state index in [9.17, 15) is 5.11 Å². The summed E-state index contributed by atoms with van der Waals surface area (Å²) in [4.78, 5) is 0. The number of nitrogens with zero attached hydrogens (tertiary/aromatic N) is 2. The Morgan fingerprint density at radius 1 is 1.00 bits per heavy atom. The van der Waals surface area contributed by atoms with Crippen LogP contribution in [0.1, 0.15) is 50.2 Å². The molecule has 0 aliphatic heterocycles. The summed E-state index contributed by atoms with van der Waals surface area (Å²) in [6.45, 7) is 0. The van der Waals surface area contributed by atoms with Crippen LogP contribution in [-0.4, -0.2) is 17.2 Å². The third kappa shape index (κ3) is 4.07. The van der Waals surface area contributed by atoms with Crippen molar-refractivity contribution in [2.24, 2.45) is 21.9 Å². The fourth-order valence-electron chi connectivity index (χ4n) is 4.19. The molecule has 3 N–H and O–H groups in total. The predicted octanol–water partition coefficient (Wildman–Crippen LogP) is 5.34. The van der Waals surface area contributed by atoms with Gasteiger partial charge in [0.25, 0.3) is 0 Å². The van der Waals surface area contributed by atoms with E-state index in [0.29, 0.717) is 11.8 Å². The van der Waals surface area contributed by atoms with Gasteiger partial charge in [0.1, 0.15) is 5.84 Å².